The summed E-state index contributed by atoms with van der Waals surface area (Å²) in [5.74, 6) is -0.416. The van der Waals surface area contributed by atoms with Gasteiger partial charge in [-0.2, -0.15) is 0 Å². The van der Waals surface area contributed by atoms with Crippen LogP contribution in [-0.4, -0.2) is 37.9 Å². The molecule has 0 saturated heterocycles. The van der Waals surface area contributed by atoms with Gasteiger partial charge >= 0.3 is 11.9 Å². The Bertz CT molecular complexity index is 1110. The average Bonchev–Trinajstić information content (AvgIpc) is 3.27. The normalized spacial score (nSPS) is 12.8. The lowest BCUT2D eigenvalue weighted by molar-refractivity contribution is -0.163. The van der Waals surface area contributed by atoms with E-state index in [9.17, 15) is 9.59 Å². The van der Waals surface area contributed by atoms with Gasteiger partial charge in [-0.1, -0.05) is 222 Å². The summed E-state index contributed by atoms with van der Waals surface area (Å²) >= 11 is 0. The fraction of sp³-hybridized carbons (Fsp3) is 0.754. The maximum atomic E-state index is 12.7. The van der Waals surface area contributed by atoms with Gasteiger partial charge in [0.25, 0.3) is 0 Å². The third kappa shape index (κ3) is 50.0. The van der Waals surface area contributed by atoms with Crippen LogP contribution >= 0.6 is 0 Å². The van der Waals surface area contributed by atoms with E-state index in [1.807, 2.05) is 0 Å². The number of allylic oxidation sites excluding steroid dienone is 12. The average molecular weight is 865 g/mol. The summed E-state index contributed by atoms with van der Waals surface area (Å²) in [6, 6.07) is 0. The van der Waals surface area contributed by atoms with Crippen molar-refractivity contribution in [3.05, 3.63) is 72.9 Å². The summed E-state index contributed by atoms with van der Waals surface area (Å²) in [5.41, 5.74) is 0. The standard InChI is InChI=1S/C57H100O5/c1-4-7-10-13-16-18-20-22-24-26-28-30-32-34-36-38-40-43-46-49-52-60-53-55(62-57(59)51-48-45-41-15-12-9-6-3)54-61-56(58)50-47-44-42-39-37-35-33-31-29-27-25-23-21-19-17-14-11-8-5-2/h7,10,16,18,22-25,28,30,34,36,55H,4-6,8-9,11-15,17,19-21,26-27,29,31-33,35,37-54H2,1-3H3/b10-7-,18-16-,24-22-,25-23-,30-28-,36-34-. The Hall–Kier alpha value is -2.66. The smallest absolute Gasteiger partial charge is 0.306 e. The lowest BCUT2D eigenvalue weighted by Gasteiger charge is -2.18. The number of hydrogen-bond donors (Lipinski definition) is 0. The van der Waals surface area contributed by atoms with Crippen LogP contribution in [0, 0.1) is 0 Å². The second-order valence-corrected chi connectivity index (χ2v) is 17.4. The molecule has 0 aromatic rings. The van der Waals surface area contributed by atoms with Crippen LogP contribution in [-0.2, 0) is 23.8 Å². The summed E-state index contributed by atoms with van der Waals surface area (Å²) < 4.78 is 17.3. The first-order valence-corrected chi connectivity index (χ1v) is 26.5. The summed E-state index contributed by atoms with van der Waals surface area (Å²) in [4.78, 5) is 25.3. The van der Waals surface area contributed by atoms with Crippen molar-refractivity contribution in [1.29, 1.82) is 0 Å². The maximum absolute atomic E-state index is 12.7. The minimum atomic E-state index is -0.549. The maximum Gasteiger partial charge on any atom is 0.306 e. The van der Waals surface area contributed by atoms with E-state index in [1.165, 1.54) is 135 Å². The minimum Gasteiger partial charge on any atom is -0.462 e. The van der Waals surface area contributed by atoms with Gasteiger partial charge in [-0.05, 0) is 89.9 Å². The molecular weight excluding hydrogens is 765 g/mol. The number of ether oxygens (including phenoxy) is 3. The Morgan fingerprint density at radius 3 is 1.18 bits per heavy atom. The first-order chi connectivity index (χ1) is 30.6. The van der Waals surface area contributed by atoms with Crippen molar-refractivity contribution in [2.75, 3.05) is 19.8 Å². The zero-order chi connectivity index (χ0) is 44.9. The first-order valence-electron chi connectivity index (χ1n) is 26.5. The van der Waals surface area contributed by atoms with E-state index in [0.717, 1.165) is 83.5 Å². The second kappa shape index (κ2) is 52.7. The Kier molecular flexibility index (Phi) is 50.4. The molecule has 358 valence electrons. The molecule has 0 radical (unpaired) electrons. The van der Waals surface area contributed by atoms with Gasteiger partial charge < -0.3 is 14.2 Å². The molecule has 0 spiro atoms. The van der Waals surface area contributed by atoms with Gasteiger partial charge in [-0.15, -0.1) is 0 Å². The lowest BCUT2D eigenvalue weighted by atomic mass is 10.1. The molecule has 1 atom stereocenters. The molecule has 0 bridgehead atoms. The van der Waals surface area contributed by atoms with Gasteiger partial charge in [0.15, 0.2) is 6.10 Å². The highest BCUT2D eigenvalue weighted by molar-refractivity contribution is 5.70. The Morgan fingerprint density at radius 1 is 0.371 bits per heavy atom. The minimum absolute atomic E-state index is 0.0732. The Morgan fingerprint density at radius 2 is 0.726 bits per heavy atom. The number of unbranched alkanes of at least 4 members (excludes halogenated alkanes) is 25. The Balaban J connectivity index is 4.15. The van der Waals surface area contributed by atoms with Crippen molar-refractivity contribution in [3.8, 4) is 0 Å². The van der Waals surface area contributed by atoms with Crippen LogP contribution in [0.5, 0.6) is 0 Å². The van der Waals surface area contributed by atoms with E-state index in [1.54, 1.807) is 0 Å². The van der Waals surface area contributed by atoms with Crippen molar-refractivity contribution in [1.82, 2.24) is 0 Å². The van der Waals surface area contributed by atoms with Gasteiger partial charge in [-0.3, -0.25) is 9.59 Å². The molecule has 0 aromatic carbocycles. The SMILES string of the molecule is CC/C=C\C/C=C\C/C=C\C/C=C\C/C=C\CCCCCCOCC(COC(=O)CCCCCCCCCCC/C=C\CCCCCCCC)OC(=O)CCCCCCCCC. The topological polar surface area (TPSA) is 61.8 Å². The predicted molar refractivity (Wildman–Crippen MR) is 270 cm³/mol. The van der Waals surface area contributed by atoms with Crippen molar-refractivity contribution in [2.45, 2.75) is 258 Å². The monoisotopic (exact) mass is 865 g/mol. The molecule has 0 heterocycles. The summed E-state index contributed by atoms with van der Waals surface area (Å²) in [6.07, 6.45) is 67.9. The van der Waals surface area contributed by atoms with Crippen molar-refractivity contribution >= 4 is 11.9 Å². The van der Waals surface area contributed by atoms with E-state index in [2.05, 4.69) is 93.7 Å². The van der Waals surface area contributed by atoms with E-state index < -0.39 is 6.10 Å². The van der Waals surface area contributed by atoms with Gasteiger partial charge in [0.1, 0.15) is 6.61 Å². The summed E-state index contributed by atoms with van der Waals surface area (Å²) in [7, 11) is 0. The van der Waals surface area contributed by atoms with Crippen LogP contribution in [0.3, 0.4) is 0 Å². The van der Waals surface area contributed by atoms with Crippen LogP contribution < -0.4 is 0 Å². The predicted octanol–water partition coefficient (Wildman–Crippen LogP) is 17.9. The molecule has 62 heavy (non-hydrogen) atoms. The molecule has 1 unspecified atom stereocenters. The third-order valence-electron chi connectivity index (χ3n) is 11.2. The van der Waals surface area contributed by atoms with Crippen molar-refractivity contribution in [3.63, 3.8) is 0 Å². The summed E-state index contributed by atoms with van der Waals surface area (Å²) in [6.45, 7) is 7.63. The van der Waals surface area contributed by atoms with Gasteiger partial charge in [0.05, 0.1) is 6.61 Å². The largest absolute Gasteiger partial charge is 0.462 e. The van der Waals surface area contributed by atoms with Crippen molar-refractivity contribution in [2.24, 2.45) is 0 Å². The van der Waals surface area contributed by atoms with Crippen LogP contribution in [0.1, 0.15) is 252 Å². The van der Waals surface area contributed by atoms with Gasteiger partial charge in [0, 0.05) is 19.4 Å². The van der Waals surface area contributed by atoms with Gasteiger partial charge in [-0.25, -0.2) is 0 Å². The third-order valence-corrected chi connectivity index (χ3v) is 11.2. The molecule has 0 aliphatic carbocycles. The van der Waals surface area contributed by atoms with Crippen LogP contribution in [0.25, 0.3) is 0 Å². The van der Waals surface area contributed by atoms with Crippen LogP contribution in [0.15, 0.2) is 72.9 Å². The zero-order valence-corrected chi connectivity index (χ0v) is 41.1. The number of rotatable bonds is 48. The van der Waals surface area contributed by atoms with E-state index in [-0.39, 0.29) is 25.2 Å². The molecule has 0 aliphatic rings. The first kappa shape index (κ1) is 59.3. The molecule has 0 aliphatic heterocycles. The molecule has 0 rings (SSSR count). The van der Waals surface area contributed by atoms with E-state index in [4.69, 9.17) is 14.2 Å². The molecule has 5 heteroatoms. The Labute approximate surface area is 385 Å². The number of carbonyl (C=O) groups excluding carboxylic acids is 2. The molecule has 0 N–H and O–H groups in total. The number of hydrogen-bond acceptors (Lipinski definition) is 5. The van der Waals surface area contributed by atoms with Crippen molar-refractivity contribution < 1.29 is 23.8 Å². The lowest BCUT2D eigenvalue weighted by Crippen LogP contribution is -2.30. The highest BCUT2D eigenvalue weighted by atomic mass is 16.6. The second-order valence-electron chi connectivity index (χ2n) is 17.4. The molecular formula is C57H100O5. The quantitative estimate of drug-likeness (QED) is 0.0346. The summed E-state index contributed by atoms with van der Waals surface area (Å²) in [5, 5.41) is 0. The molecule has 0 aromatic heterocycles. The van der Waals surface area contributed by atoms with Gasteiger partial charge in [0.2, 0.25) is 0 Å². The fourth-order valence-corrected chi connectivity index (χ4v) is 7.30. The number of carbonyl (C=O) groups is 2. The zero-order valence-electron chi connectivity index (χ0n) is 41.1. The van der Waals surface area contributed by atoms with Crippen LogP contribution in [0.2, 0.25) is 0 Å². The highest BCUT2D eigenvalue weighted by Crippen LogP contribution is 2.14. The highest BCUT2D eigenvalue weighted by Gasteiger charge is 2.17. The molecule has 0 amide bonds. The molecule has 0 fully saturated rings. The van der Waals surface area contributed by atoms with Crippen LogP contribution in [0.4, 0.5) is 0 Å². The number of esters is 2. The van der Waals surface area contributed by atoms with E-state index in [0.29, 0.717) is 19.4 Å². The molecule has 0 saturated carbocycles. The fourth-order valence-electron chi connectivity index (χ4n) is 7.30. The molecule has 5 nitrogen and oxygen atoms in total. The van der Waals surface area contributed by atoms with E-state index >= 15 is 0 Å².